The van der Waals surface area contributed by atoms with Gasteiger partial charge >= 0.3 is 0 Å². The van der Waals surface area contributed by atoms with Crippen molar-refractivity contribution in [2.45, 2.75) is 6.54 Å². The molecule has 1 N–H and O–H groups in total. The van der Waals surface area contributed by atoms with Crippen molar-refractivity contribution in [1.82, 2.24) is 5.43 Å². The Morgan fingerprint density at radius 1 is 1.26 bits per heavy atom. The summed E-state index contributed by atoms with van der Waals surface area (Å²) in [5.74, 6) is 1.78. The van der Waals surface area contributed by atoms with E-state index >= 15 is 0 Å². The first-order chi connectivity index (χ1) is 13.1. The van der Waals surface area contributed by atoms with Crippen LogP contribution in [0.3, 0.4) is 0 Å². The highest BCUT2D eigenvalue weighted by molar-refractivity contribution is 6.32. The standard InChI is InChI=1S/C19H16ClN3O4/c1-26-18-5-3-2-4-14(18)11-21-22-12-15-7-9-19(27-15)13-6-8-16(20)17(10-13)23(24)25/h2-10,12,21H,11H2,1H3/b22-12-. The van der Waals surface area contributed by atoms with E-state index in [1.165, 1.54) is 18.3 Å². The number of hydrogen-bond acceptors (Lipinski definition) is 6. The van der Waals surface area contributed by atoms with Gasteiger partial charge in [0, 0.05) is 17.2 Å². The lowest BCUT2D eigenvalue weighted by molar-refractivity contribution is -0.384. The summed E-state index contributed by atoms with van der Waals surface area (Å²) in [7, 11) is 1.62. The zero-order chi connectivity index (χ0) is 19.2. The summed E-state index contributed by atoms with van der Waals surface area (Å²) in [4.78, 5) is 10.5. The molecule has 0 fully saturated rings. The number of rotatable bonds is 7. The molecule has 0 aliphatic rings. The summed E-state index contributed by atoms with van der Waals surface area (Å²) < 4.78 is 10.9. The van der Waals surface area contributed by atoms with Crippen LogP contribution < -0.4 is 10.2 Å². The van der Waals surface area contributed by atoms with E-state index in [1.807, 2.05) is 24.3 Å². The van der Waals surface area contributed by atoms with Gasteiger partial charge < -0.3 is 14.6 Å². The van der Waals surface area contributed by atoms with Crippen LogP contribution in [0.4, 0.5) is 5.69 Å². The third-order valence-corrected chi connectivity index (χ3v) is 4.12. The number of hydrogen-bond donors (Lipinski definition) is 1. The van der Waals surface area contributed by atoms with Crippen molar-refractivity contribution >= 4 is 23.5 Å². The first-order valence-corrected chi connectivity index (χ1v) is 8.38. The van der Waals surface area contributed by atoms with E-state index in [9.17, 15) is 10.1 Å². The second kappa shape index (κ2) is 8.37. The van der Waals surface area contributed by atoms with Gasteiger partial charge in [0.1, 0.15) is 22.3 Å². The Balaban J connectivity index is 1.67. The molecule has 0 spiro atoms. The number of nitro groups is 1. The van der Waals surface area contributed by atoms with Crippen LogP contribution in [0.5, 0.6) is 5.75 Å². The van der Waals surface area contributed by atoms with Crippen molar-refractivity contribution in [2.75, 3.05) is 7.11 Å². The predicted molar refractivity (Wildman–Crippen MR) is 103 cm³/mol. The van der Waals surface area contributed by atoms with Gasteiger partial charge in [-0.3, -0.25) is 10.1 Å². The van der Waals surface area contributed by atoms with Crippen LogP contribution in [0.25, 0.3) is 11.3 Å². The molecule has 2 aromatic carbocycles. The fourth-order valence-electron chi connectivity index (χ4n) is 2.47. The van der Waals surface area contributed by atoms with Gasteiger partial charge in [0.15, 0.2) is 0 Å². The molecule has 0 bridgehead atoms. The van der Waals surface area contributed by atoms with Gasteiger partial charge in [0.25, 0.3) is 5.69 Å². The third kappa shape index (κ3) is 4.45. The van der Waals surface area contributed by atoms with E-state index in [1.54, 1.807) is 25.3 Å². The molecule has 3 aromatic rings. The summed E-state index contributed by atoms with van der Waals surface area (Å²) in [6, 6.07) is 15.6. The largest absolute Gasteiger partial charge is 0.496 e. The third-order valence-electron chi connectivity index (χ3n) is 3.80. The summed E-state index contributed by atoms with van der Waals surface area (Å²) in [6.07, 6.45) is 1.53. The maximum absolute atomic E-state index is 11.0. The molecule has 0 aliphatic heterocycles. The number of nitrogens with zero attached hydrogens (tertiary/aromatic N) is 2. The minimum Gasteiger partial charge on any atom is -0.496 e. The fourth-order valence-corrected chi connectivity index (χ4v) is 2.66. The molecule has 0 aliphatic carbocycles. The van der Waals surface area contributed by atoms with Crippen molar-refractivity contribution in [2.24, 2.45) is 5.10 Å². The van der Waals surface area contributed by atoms with Crippen LogP contribution in [0.15, 0.2) is 64.1 Å². The number of furan rings is 1. The van der Waals surface area contributed by atoms with Crippen molar-refractivity contribution in [1.29, 1.82) is 0 Å². The van der Waals surface area contributed by atoms with Crippen molar-refractivity contribution in [3.05, 3.63) is 81.1 Å². The molecule has 1 heterocycles. The number of nitrogens with one attached hydrogen (secondary N) is 1. The van der Waals surface area contributed by atoms with E-state index in [4.69, 9.17) is 20.8 Å². The monoisotopic (exact) mass is 385 g/mol. The molecule has 27 heavy (non-hydrogen) atoms. The Morgan fingerprint density at radius 3 is 2.85 bits per heavy atom. The molecule has 3 rings (SSSR count). The molecule has 7 nitrogen and oxygen atoms in total. The average Bonchev–Trinajstić information content (AvgIpc) is 3.14. The highest BCUT2D eigenvalue weighted by atomic mass is 35.5. The van der Waals surface area contributed by atoms with Crippen LogP contribution in [0.1, 0.15) is 11.3 Å². The Bertz CT molecular complexity index is 985. The zero-order valence-corrected chi connectivity index (χ0v) is 15.1. The highest BCUT2D eigenvalue weighted by Crippen LogP contribution is 2.31. The molecule has 8 heteroatoms. The lowest BCUT2D eigenvalue weighted by Crippen LogP contribution is -2.06. The zero-order valence-electron chi connectivity index (χ0n) is 14.4. The second-order valence-electron chi connectivity index (χ2n) is 5.53. The predicted octanol–water partition coefficient (Wildman–Crippen LogP) is 4.64. The minimum atomic E-state index is -0.529. The molecule has 0 amide bonds. The van der Waals surface area contributed by atoms with Crippen LogP contribution in [0, 0.1) is 10.1 Å². The molecule has 0 unspecified atom stereocenters. The van der Waals surface area contributed by atoms with E-state index < -0.39 is 4.92 Å². The first-order valence-electron chi connectivity index (χ1n) is 8.00. The maximum Gasteiger partial charge on any atom is 0.288 e. The molecule has 0 radical (unpaired) electrons. The highest BCUT2D eigenvalue weighted by Gasteiger charge is 2.15. The Kier molecular flexibility index (Phi) is 5.73. The topological polar surface area (TPSA) is 89.9 Å². The number of benzene rings is 2. The van der Waals surface area contributed by atoms with Gasteiger partial charge in [-0.15, -0.1) is 0 Å². The number of ether oxygens (including phenoxy) is 1. The average molecular weight is 386 g/mol. The van der Waals surface area contributed by atoms with Crippen molar-refractivity contribution < 1.29 is 14.1 Å². The van der Waals surface area contributed by atoms with Gasteiger partial charge in [-0.2, -0.15) is 5.10 Å². The first kappa shape index (κ1) is 18.5. The molecule has 0 saturated heterocycles. The Morgan fingerprint density at radius 2 is 2.07 bits per heavy atom. The van der Waals surface area contributed by atoms with Crippen LogP contribution in [-0.2, 0) is 6.54 Å². The number of hydrazone groups is 1. The van der Waals surface area contributed by atoms with Crippen LogP contribution in [0.2, 0.25) is 5.02 Å². The Labute approximate surface area is 160 Å². The fraction of sp³-hybridized carbons (Fsp3) is 0.105. The number of para-hydroxylation sites is 1. The summed E-state index contributed by atoms with van der Waals surface area (Å²) in [5.41, 5.74) is 4.30. The smallest absolute Gasteiger partial charge is 0.288 e. The summed E-state index contributed by atoms with van der Waals surface area (Å²) in [5, 5.41) is 15.2. The van der Waals surface area contributed by atoms with Crippen LogP contribution >= 0.6 is 11.6 Å². The molecular formula is C19H16ClN3O4. The summed E-state index contributed by atoms with van der Waals surface area (Å²) >= 11 is 5.83. The van der Waals surface area contributed by atoms with Crippen LogP contribution in [-0.4, -0.2) is 18.2 Å². The summed E-state index contributed by atoms with van der Waals surface area (Å²) in [6.45, 7) is 0.497. The number of halogens is 1. The Hall–Kier alpha value is -3.32. The lowest BCUT2D eigenvalue weighted by Gasteiger charge is -2.06. The van der Waals surface area contributed by atoms with Gasteiger partial charge in [0.05, 0.1) is 24.8 Å². The van der Waals surface area contributed by atoms with Gasteiger partial charge in [-0.25, -0.2) is 0 Å². The second-order valence-corrected chi connectivity index (χ2v) is 5.94. The van der Waals surface area contributed by atoms with E-state index in [0.717, 1.165) is 11.3 Å². The van der Waals surface area contributed by atoms with Crippen molar-refractivity contribution in [3.8, 4) is 17.1 Å². The van der Waals surface area contributed by atoms with E-state index in [-0.39, 0.29) is 10.7 Å². The number of nitro benzene ring substituents is 1. The molecule has 0 saturated carbocycles. The van der Waals surface area contributed by atoms with E-state index in [2.05, 4.69) is 10.5 Å². The maximum atomic E-state index is 11.0. The molecule has 138 valence electrons. The van der Waals surface area contributed by atoms with E-state index in [0.29, 0.717) is 23.6 Å². The van der Waals surface area contributed by atoms with Gasteiger partial charge in [-0.05, 0) is 30.3 Å². The molecule has 1 aromatic heterocycles. The van der Waals surface area contributed by atoms with Gasteiger partial charge in [-0.1, -0.05) is 29.8 Å². The normalized spacial score (nSPS) is 10.9. The van der Waals surface area contributed by atoms with Gasteiger partial charge in [0.2, 0.25) is 0 Å². The quantitative estimate of drug-likeness (QED) is 0.363. The molecule has 0 atom stereocenters. The SMILES string of the molecule is COc1ccccc1CN/N=C\c1ccc(-c2ccc(Cl)c([N+](=O)[O-])c2)o1. The lowest BCUT2D eigenvalue weighted by atomic mass is 10.1. The number of methoxy groups -OCH3 is 1. The minimum absolute atomic E-state index is 0.0811. The molecular weight excluding hydrogens is 370 g/mol. The van der Waals surface area contributed by atoms with Crippen molar-refractivity contribution in [3.63, 3.8) is 0 Å².